The Morgan fingerprint density at radius 2 is 2.03 bits per heavy atom. The molecule has 31 heavy (non-hydrogen) atoms. The van der Waals surface area contributed by atoms with Gasteiger partial charge < -0.3 is 19.5 Å². The topological polar surface area (TPSA) is 89.0 Å². The maximum absolute atomic E-state index is 13.0. The van der Waals surface area contributed by atoms with Gasteiger partial charge in [0.15, 0.2) is 0 Å². The van der Waals surface area contributed by atoms with Gasteiger partial charge in [-0.1, -0.05) is 17.7 Å². The van der Waals surface area contributed by atoms with Crippen LogP contribution in [-0.4, -0.2) is 52.5 Å². The third-order valence-electron chi connectivity index (χ3n) is 4.80. The van der Waals surface area contributed by atoms with E-state index in [-0.39, 0.29) is 41.2 Å². The van der Waals surface area contributed by atoms with Crippen LogP contribution in [0.15, 0.2) is 48.2 Å². The van der Waals surface area contributed by atoms with Crippen LogP contribution in [0.25, 0.3) is 5.76 Å². The average Bonchev–Trinajstić information content (AvgIpc) is 3.00. The number of rotatable bonds is 8. The van der Waals surface area contributed by atoms with Crippen LogP contribution in [0, 0.1) is 0 Å². The van der Waals surface area contributed by atoms with Crippen LogP contribution in [0.3, 0.4) is 0 Å². The lowest BCUT2D eigenvalue weighted by Gasteiger charge is -2.25. The molecule has 0 aliphatic carbocycles. The highest BCUT2D eigenvalue weighted by molar-refractivity contribution is 6.47. The maximum Gasteiger partial charge on any atom is 0.295 e. The van der Waals surface area contributed by atoms with Crippen LogP contribution in [0.5, 0.6) is 5.75 Å². The summed E-state index contributed by atoms with van der Waals surface area (Å²) in [6, 6.07) is 9.13. The van der Waals surface area contributed by atoms with Gasteiger partial charge in [-0.2, -0.15) is 0 Å². The van der Waals surface area contributed by atoms with E-state index in [1.54, 1.807) is 42.6 Å². The van der Waals surface area contributed by atoms with Gasteiger partial charge in [0.2, 0.25) is 0 Å². The van der Waals surface area contributed by atoms with Crippen molar-refractivity contribution in [2.75, 3.05) is 19.8 Å². The monoisotopic (exact) mass is 444 g/mol. The molecule has 1 aromatic heterocycles. The van der Waals surface area contributed by atoms with E-state index in [9.17, 15) is 14.7 Å². The van der Waals surface area contributed by atoms with Crippen molar-refractivity contribution in [3.63, 3.8) is 0 Å². The number of aromatic nitrogens is 1. The van der Waals surface area contributed by atoms with Crippen LogP contribution in [0.4, 0.5) is 0 Å². The quantitative estimate of drug-likeness (QED) is 0.376. The molecular formula is C23H25ClN2O5. The van der Waals surface area contributed by atoms with Gasteiger partial charge in [-0.25, -0.2) is 0 Å². The number of aliphatic hydroxyl groups is 1. The smallest absolute Gasteiger partial charge is 0.295 e. The number of ketones is 1. The fraction of sp³-hybridized carbons (Fsp3) is 0.348. The first-order valence-corrected chi connectivity index (χ1v) is 10.5. The molecule has 0 spiro atoms. The zero-order valence-corrected chi connectivity index (χ0v) is 18.4. The fourth-order valence-corrected chi connectivity index (χ4v) is 3.64. The Morgan fingerprint density at radius 3 is 2.68 bits per heavy atom. The number of Topliss-reactive ketones (excluding diaryl/α,β-unsaturated/α-hetero) is 1. The molecule has 8 heteroatoms. The minimum absolute atomic E-state index is 0.0229. The second-order valence-corrected chi connectivity index (χ2v) is 7.65. The second-order valence-electron chi connectivity index (χ2n) is 7.24. The molecule has 164 valence electrons. The lowest BCUT2D eigenvalue weighted by molar-refractivity contribution is -0.140. The lowest BCUT2D eigenvalue weighted by Crippen LogP contribution is -2.33. The van der Waals surface area contributed by atoms with Crippen molar-refractivity contribution in [1.29, 1.82) is 0 Å². The summed E-state index contributed by atoms with van der Waals surface area (Å²) in [4.78, 5) is 31.5. The Bertz CT molecular complexity index is 991. The highest BCUT2D eigenvalue weighted by atomic mass is 35.5. The third kappa shape index (κ3) is 4.89. The minimum Gasteiger partial charge on any atom is -0.507 e. The molecule has 1 fully saturated rings. The van der Waals surface area contributed by atoms with E-state index in [0.29, 0.717) is 18.1 Å². The summed E-state index contributed by atoms with van der Waals surface area (Å²) >= 11 is 6.31. The van der Waals surface area contributed by atoms with E-state index < -0.39 is 17.7 Å². The SMILES string of the molecule is CCOc1ccc(Cl)c(/C(O)=C2\C(=O)C(=O)N(CCOC(C)C)C2c2ccccn2)c1. The highest BCUT2D eigenvalue weighted by Gasteiger charge is 2.46. The molecule has 1 amide bonds. The zero-order chi connectivity index (χ0) is 22.5. The molecule has 1 atom stereocenters. The Labute approximate surface area is 186 Å². The summed E-state index contributed by atoms with van der Waals surface area (Å²) in [6.07, 6.45) is 1.55. The number of nitrogens with zero attached hydrogens (tertiary/aromatic N) is 2. The number of carbonyl (C=O) groups is 2. The van der Waals surface area contributed by atoms with Gasteiger partial charge in [0.25, 0.3) is 11.7 Å². The number of likely N-dealkylation sites (tertiary alicyclic amines) is 1. The number of hydrogen-bond donors (Lipinski definition) is 1. The summed E-state index contributed by atoms with van der Waals surface area (Å²) in [5.74, 6) is -1.40. The molecule has 0 saturated carbocycles. The summed E-state index contributed by atoms with van der Waals surface area (Å²) in [6.45, 7) is 6.45. The van der Waals surface area contributed by atoms with Crippen LogP contribution in [0.1, 0.15) is 38.1 Å². The predicted molar refractivity (Wildman–Crippen MR) is 117 cm³/mol. The molecule has 1 aliphatic heterocycles. The largest absolute Gasteiger partial charge is 0.507 e. The number of halogens is 1. The maximum atomic E-state index is 13.0. The molecule has 0 bridgehead atoms. The molecular weight excluding hydrogens is 420 g/mol. The first kappa shape index (κ1) is 22.8. The van der Waals surface area contributed by atoms with Crippen LogP contribution < -0.4 is 4.74 Å². The number of carbonyl (C=O) groups excluding carboxylic acids is 2. The molecule has 1 N–H and O–H groups in total. The average molecular weight is 445 g/mol. The molecule has 2 heterocycles. The van der Waals surface area contributed by atoms with Crippen molar-refractivity contribution >= 4 is 29.1 Å². The summed E-state index contributed by atoms with van der Waals surface area (Å²) in [5.41, 5.74) is 0.610. The summed E-state index contributed by atoms with van der Waals surface area (Å²) in [5, 5.41) is 11.4. The van der Waals surface area contributed by atoms with Crippen molar-refractivity contribution in [1.82, 2.24) is 9.88 Å². The van der Waals surface area contributed by atoms with E-state index in [2.05, 4.69) is 4.98 Å². The number of ether oxygens (including phenoxy) is 2. The van der Waals surface area contributed by atoms with E-state index in [1.807, 2.05) is 20.8 Å². The van der Waals surface area contributed by atoms with Crippen molar-refractivity contribution in [2.45, 2.75) is 32.9 Å². The number of aliphatic hydroxyl groups excluding tert-OH is 1. The van der Waals surface area contributed by atoms with Gasteiger partial charge in [0, 0.05) is 18.3 Å². The summed E-state index contributed by atoms with van der Waals surface area (Å²) < 4.78 is 11.1. The standard InChI is InChI=1S/C23H25ClN2O5/c1-4-30-15-8-9-17(24)16(13-15)21(27)19-20(18-7-5-6-10-25-18)26(23(29)22(19)28)11-12-31-14(2)3/h5-10,13-14,20,27H,4,11-12H2,1-3H3/b21-19+. The van der Waals surface area contributed by atoms with E-state index in [1.165, 1.54) is 4.90 Å². The Morgan fingerprint density at radius 1 is 1.26 bits per heavy atom. The number of amides is 1. The molecule has 7 nitrogen and oxygen atoms in total. The van der Waals surface area contributed by atoms with Crippen molar-refractivity contribution in [3.8, 4) is 5.75 Å². The summed E-state index contributed by atoms with van der Waals surface area (Å²) in [7, 11) is 0. The Kier molecular flexibility index (Phi) is 7.30. The first-order valence-electron chi connectivity index (χ1n) is 10.1. The zero-order valence-electron chi connectivity index (χ0n) is 17.7. The Hall–Kier alpha value is -2.90. The lowest BCUT2D eigenvalue weighted by atomic mass is 9.98. The molecule has 1 aliphatic rings. The van der Waals surface area contributed by atoms with Crippen LogP contribution >= 0.6 is 11.6 Å². The molecule has 1 saturated heterocycles. The van der Waals surface area contributed by atoms with E-state index in [4.69, 9.17) is 21.1 Å². The number of benzene rings is 1. The third-order valence-corrected chi connectivity index (χ3v) is 5.12. The predicted octanol–water partition coefficient (Wildman–Crippen LogP) is 3.98. The van der Waals surface area contributed by atoms with Gasteiger partial charge in [0.1, 0.15) is 17.6 Å². The number of hydrogen-bond acceptors (Lipinski definition) is 6. The fourth-order valence-electron chi connectivity index (χ4n) is 3.43. The highest BCUT2D eigenvalue weighted by Crippen LogP contribution is 2.40. The molecule has 2 aromatic rings. The second kappa shape index (κ2) is 9.94. The van der Waals surface area contributed by atoms with Crippen LogP contribution in [-0.2, 0) is 14.3 Å². The molecule has 1 aromatic carbocycles. The Balaban J connectivity index is 2.11. The van der Waals surface area contributed by atoms with Crippen molar-refractivity contribution < 1.29 is 24.2 Å². The van der Waals surface area contributed by atoms with E-state index >= 15 is 0 Å². The van der Waals surface area contributed by atoms with Gasteiger partial charge in [-0.15, -0.1) is 0 Å². The minimum atomic E-state index is -0.858. The van der Waals surface area contributed by atoms with Crippen LogP contribution in [0.2, 0.25) is 5.02 Å². The molecule has 0 radical (unpaired) electrons. The molecule has 1 unspecified atom stereocenters. The first-order chi connectivity index (χ1) is 14.8. The van der Waals surface area contributed by atoms with Gasteiger partial charge in [0.05, 0.1) is 35.6 Å². The normalized spacial score (nSPS) is 18.1. The van der Waals surface area contributed by atoms with Crippen molar-refractivity contribution in [3.05, 3.63) is 64.4 Å². The van der Waals surface area contributed by atoms with Gasteiger partial charge >= 0.3 is 0 Å². The number of pyridine rings is 1. The van der Waals surface area contributed by atoms with Gasteiger partial charge in [-0.05, 0) is 51.1 Å². The molecule has 3 rings (SSSR count). The van der Waals surface area contributed by atoms with E-state index in [0.717, 1.165) is 0 Å². The van der Waals surface area contributed by atoms with Crippen molar-refractivity contribution in [2.24, 2.45) is 0 Å². The van der Waals surface area contributed by atoms with Gasteiger partial charge in [-0.3, -0.25) is 14.6 Å².